The zero-order chi connectivity index (χ0) is 13.4. The second-order valence-electron chi connectivity index (χ2n) is 4.68. The van der Waals surface area contributed by atoms with Gasteiger partial charge < -0.3 is 9.47 Å². The maximum absolute atomic E-state index is 11.9. The van der Waals surface area contributed by atoms with Crippen LogP contribution in [0.15, 0.2) is 30.6 Å². The first-order valence-corrected chi connectivity index (χ1v) is 6.59. The first-order valence-electron chi connectivity index (χ1n) is 6.08. The number of carbonyl (C=O) groups excluding carboxylic acids is 1. The molecule has 1 amide bonds. The van der Waals surface area contributed by atoms with Crippen molar-refractivity contribution in [3.63, 3.8) is 0 Å². The lowest BCUT2D eigenvalue weighted by molar-refractivity contribution is -0.117. The number of anilines is 1. The summed E-state index contributed by atoms with van der Waals surface area (Å²) in [4.78, 5) is 13.7. The van der Waals surface area contributed by atoms with E-state index >= 15 is 0 Å². The van der Waals surface area contributed by atoms with Crippen LogP contribution in [0.5, 0.6) is 0 Å². The average molecular weight is 274 g/mol. The van der Waals surface area contributed by atoms with Crippen molar-refractivity contribution in [1.82, 2.24) is 14.8 Å². The number of carbonyl (C=O) groups is 1. The highest BCUT2D eigenvalue weighted by Crippen LogP contribution is 2.27. The lowest BCUT2D eigenvalue weighted by Crippen LogP contribution is -2.24. The maximum Gasteiger partial charge on any atom is 0.228 e. The van der Waals surface area contributed by atoms with Crippen molar-refractivity contribution < 1.29 is 4.79 Å². The lowest BCUT2D eigenvalue weighted by atomic mass is 10.2. The predicted molar refractivity (Wildman–Crippen MR) is 76.2 cm³/mol. The minimum absolute atomic E-state index is 0.117. The Bertz CT molecular complexity index is 625. The third kappa shape index (κ3) is 2.23. The van der Waals surface area contributed by atoms with E-state index in [-0.39, 0.29) is 11.2 Å². The van der Waals surface area contributed by atoms with Gasteiger partial charge in [0.15, 0.2) is 5.82 Å². The molecule has 0 N–H and O–H groups in total. The molecule has 2 aromatic rings. The van der Waals surface area contributed by atoms with Crippen LogP contribution in [0.3, 0.4) is 0 Å². The van der Waals surface area contributed by atoms with Crippen molar-refractivity contribution in [2.24, 2.45) is 7.05 Å². The Kier molecular flexibility index (Phi) is 3.02. The van der Waals surface area contributed by atoms with E-state index in [1.807, 2.05) is 35.9 Å². The van der Waals surface area contributed by atoms with Gasteiger partial charge in [0.1, 0.15) is 6.33 Å². The normalized spacial score (nSPS) is 19.2. The minimum Gasteiger partial charge on any atom is -0.317 e. The molecule has 1 atom stereocenters. The van der Waals surface area contributed by atoms with E-state index < -0.39 is 0 Å². The smallest absolute Gasteiger partial charge is 0.228 e. The van der Waals surface area contributed by atoms with Gasteiger partial charge in [-0.25, -0.2) is 0 Å². The van der Waals surface area contributed by atoms with Gasteiger partial charge in [-0.2, -0.15) is 12.6 Å². The fourth-order valence-electron chi connectivity index (χ4n) is 2.30. The highest BCUT2D eigenvalue weighted by Gasteiger charge is 2.28. The molecule has 0 radical (unpaired) electrons. The summed E-state index contributed by atoms with van der Waals surface area (Å²) in [5.74, 6) is 0.908. The van der Waals surface area contributed by atoms with Gasteiger partial charge in [0, 0.05) is 36.5 Å². The van der Waals surface area contributed by atoms with E-state index in [1.165, 1.54) is 0 Å². The number of benzene rings is 1. The van der Waals surface area contributed by atoms with Gasteiger partial charge in [0.2, 0.25) is 5.91 Å². The third-order valence-corrected chi connectivity index (χ3v) is 3.58. The van der Waals surface area contributed by atoms with Crippen LogP contribution in [0, 0.1) is 0 Å². The van der Waals surface area contributed by atoms with Gasteiger partial charge in [-0.1, -0.05) is 12.1 Å². The molecule has 0 aliphatic carbocycles. The van der Waals surface area contributed by atoms with Crippen LogP contribution < -0.4 is 4.90 Å². The second-order valence-corrected chi connectivity index (χ2v) is 5.41. The number of rotatable bonds is 2. The van der Waals surface area contributed by atoms with E-state index in [2.05, 4.69) is 22.8 Å². The van der Waals surface area contributed by atoms with Gasteiger partial charge in [0.05, 0.1) is 0 Å². The Morgan fingerprint density at radius 3 is 2.89 bits per heavy atom. The molecular weight excluding hydrogens is 260 g/mol. The fraction of sp³-hybridized carbons (Fsp3) is 0.308. The monoisotopic (exact) mass is 274 g/mol. The van der Waals surface area contributed by atoms with E-state index in [0.717, 1.165) is 17.1 Å². The van der Waals surface area contributed by atoms with Gasteiger partial charge in [-0.05, 0) is 12.1 Å². The molecule has 0 bridgehead atoms. The predicted octanol–water partition coefficient (Wildman–Crippen LogP) is 1.52. The molecule has 1 aliphatic heterocycles. The Morgan fingerprint density at radius 1 is 1.42 bits per heavy atom. The van der Waals surface area contributed by atoms with Crippen molar-refractivity contribution in [1.29, 1.82) is 0 Å². The standard InChI is InChI=1S/C13H14N4OS/c1-16-8-14-15-13(16)9-3-2-4-10(5-9)17-7-11(19)6-12(17)18/h2-5,8,11,19H,6-7H2,1H3. The summed E-state index contributed by atoms with van der Waals surface area (Å²) in [5, 5.41) is 8.07. The highest BCUT2D eigenvalue weighted by molar-refractivity contribution is 7.81. The third-order valence-electron chi connectivity index (χ3n) is 3.23. The molecule has 19 heavy (non-hydrogen) atoms. The molecule has 1 fully saturated rings. The summed E-state index contributed by atoms with van der Waals surface area (Å²) in [6, 6.07) is 7.79. The van der Waals surface area contributed by atoms with Crippen LogP contribution >= 0.6 is 12.6 Å². The Labute approximate surface area is 116 Å². The van der Waals surface area contributed by atoms with Gasteiger partial charge >= 0.3 is 0 Å². The summed E-state index contributed by atoms with van der Waals surface area (Å²) < 4.78 is 1.85. The van der Waals surface area contributed by atoms with Crippen molar-refractivity contribution in [3.05, 3.63) is 30.6 Å². The Morgan fingerprint density at radius 2 is 2.26 bits per heavy atom. The van der Waals surface area contributed by atoms with E-state index in [0.29, 0.717) is 13.0 Å². The number of hydrogen-bond donors (Lipinski definition) is 1. The molecule has 2 heterocycles. The largest absolute Gasteiger partial charge is 0.317 e. The highest BCUT2D eigenvalue weighted by atomic mass is 32.1. The van der Waals surface area contributed by atoms with Crippen LogP contribution in [-0.4, -0.2) is 32.5 Å². The number of hydrogen-bond acceptors (Lipinski definition) is 4. The molecule has 3 rings (SSSR count). The second kappa shape index (κ2) is 4.70. The summed E-state index contributed by atoms with van der Waals surface area (Å²) in [7, 11) is 1.90. The van der Waals surface area contributed by atoms with Crippen molar-refractivity contribution in [2.45, 2.75) is 11.7 Å². The molecule has 1 aliphatic rings. The molecule has 5 nitrogen and oxygen atoms in total. The number of aromatic nitrogens is 3. The van der Waals surface area contributed by atoms with Crippen LogP contribution in [0.2, 0.25) is 0 Å². The number of nitrogens with zero attached hydrogens (tertiary/aromatic N) is 4. The van der Waals surface area contributed by atoms with E-state index in [1.54, 1.807) is 11.2 Å². The number of thiol groups is 1. The molecule has 1 aromatic carbocycles. The van der Waals surface area contributed by atoms with E-state index in [9.17, 15) is 4.79 Å². The minimum atomic E-state index is 0.117. The molecule has 6 heteroatoms. The van der Waals surface area contributed by atoms with Gasteiger partial charge in [-0.15, -0.1) is 10.2 Å². The first kappa shape index (κ1) is 12.2. The molecule has 0 saturated carbocycles. The Balaban J connectivity index is 1.97. The summed E-state index contributed by atoms with van der Waals surface area (Å²) in [6.07, 6.45) is 2.16. The zero-order valence-electron chi connectivity index (χ0n) is 10.5. The average Bonchev–Trinajstić information content (AvgIpc) is 2.95. The zero-order valence-corrected chi connectivity index (χ0v) is 11.4. The van der Waals surface area contributed by atoms with Crippen LogP contribution in [-0.2, 0) is 11.8 Å². The fourth-order valence-corrected chi connectivity index (χ4v) is 2.62. The maximum atomic E-state index is 11.9. The van der Waals surface area contributed by atoms with Crippen molar-refractivity contribution in [3.8, 4) is 11.4 Å². The van der Waals surface area contributed by atoms with Gasteiger partial charge in [-0.3, -0.25) is 4.79 Å². The Hall–Kier alpha value is -1.82. The molecule has 98 valence electrons. The van der Waals surface area contributed by atoms with Crippen LogP contribution in [0.4, 0.5) is 5.69 Å². The van der Waals surface area contributed by atoms with Crippen molar-refractivity contribution >= 4 is 24.2 Å². The SMILES string of the molecule is Cn1cnnc1-c1cccc(N2CC(S)CC2=O)c1. The molecule has 1 saturated heterocycles. The molecule has 0 spiro atoms. The topological polar surface area (TPSA) is 51.0 Å². The molecular formula is C13H14N4OS. The van der Waals surface area contributed by atoms with Gasteiger partial charge in [0.25, 0.3) is 0 Å². The van der Waals surface area contributed by atoms with Crippen LogP contribution in [0.1, 0.15) is 6.42 Å². The summed E-state index contributed by atoms with van der Waals surface area (Å²) in [6.45, 7) is 0.657. The summed E-state index contributed by atoms with van der Waals surface area (Å²) in [5.41, 5.74) is 1.84. The number of aryl methyl sites for hydroxylation is 1. The van der Waals surface area contributed by atoms with Crippen LogP contribution in [0.25, 0.3) is 11.4 Å². The molecule has 1 unspecified atom stereocenters. The van der Waals surface area contributed by atoms with Crippen molar-refractivity contribution in [2.75, 3.05) is 11.4 Å². The van der Waals surface area contributed by atoms with E-state index in [4.69, 9.17) is 0 Å². The quantitative estimate of drug-likeness (QED) is 0.845. The summed E-state index contributed by atoms with van der Waals surface area (Å²) >= 11 is 4.37. The lowest BCUT2D eigenvalue weighted by Gasteiger charge is -2.16. The molecule has 1 aromatic heterocycles. The first-order chi connectivity index (χ1) is 9.15. The number of amides is 1.